The van der Waals surface area contributed by atoms with Gasteiger partial charge >= 0.3 is 0 Å². The molecule has 5 nitrogen and oxygen atoms in total. The molecule has 0 spiro atoms. The van der Waals surface area contributed by atoms with Crippen LogP contribution in [0.25, 0.3) is 11.4 Å². The lowest BCUT2D eigenvalue weighted by molar-refractivity contribution is 0.118. The first-order chi connectivity index (χ1) is 14.8. The molecule has 2 saturated carbocycles. The molecular formula is C24H27N5S. The third kappa shape index (κ3) is 3.32. The molecule has 3 aliphatic carbocycles. The van der Waals surface area contributed by atoms with Crippen molar-refractivity contribution >= 4 is 12.2 Å². The molecule has 2 fully saturated rings. The number of pyridine rings is 1. The van der Waals surface area contributed by atoms with E-state index in [1.165, 1.54) is 56.1 Å². The Morgan fingerprint density at radius 2 is 1.90 bits per heavy atom. The quantitative estimate of drug-likeness (QED) is 0.510. The minimum absolute atomic E-state index is 0.470. The number of nitrogens with zero attached hydrogens (tertiary/aromatic N) is 5. The smallest absolute Gasteiger partial charge is 0.199 e. The van der Waals surface area contributed by atoms with Crippen molar-refractivity contribution in [1.29, 1.82) is 0 Å². The van der Waals surface area contributed by atoms with Crippen molar-refractivity contribution < 1.29 is 0 Å². The molecule has 6 heteroatoms. The van der Waals surface area contributed by atoms with Crippen LogP contribution in [0.5, 0.6) is 0 Å². The van der Waals surface area contributed by atoms with Gasteiger partial charge in [-0.3, -0.25) is 14.5 Å². The van der Waals surface area contributed by atoms with E-state index in [-0.39, 0.29) is 0 Å². The summed E-state index contributed by atoms with van der Waals surface area (Å²) in [5, 5.41) is 5.04. The summed E-state index contributed by atoms with van der Waals surface area (Å²) in [6.07, 6.45) is 12.3. The summed E-state index contributed by atoms with van der Waals surface area (Å²) in [6.45, 7) is 0.773. The molecule has 1 unspecified atom stereocenters. The molecule has 6 rings (SSSR count). The number of aryl methyl sites for hydroxylation is 1. The van der Waals surface area contributed by atoms with Crippen molar-refractivity contribution in [1.82, 2.24) is 24.2 Å². The van der Waals surface area contributed by atoms with Gasteiger partial charge in [-0.2, -0.15) is 5.10 Å². The highest BCUT2D eigenvalue weighted by atomic mass is 32.1. The van der Waals surface area contributed by atoms with Gasteiger partial charge in [-0.1, -0.05) is 24.3 Å². The summed E-state index contributed by atoms with van der Waals surface area (Å²) in [6, 6.07) is 14.7. The minimum atomic E-state index is 0.470. The van der Waals surface area contributed by atoms with Gasteiger partial charge in [0.2, 0.25) is 0 Å². The number of hydrogen-bond acceptors (Lipinski definition) is 4. The predicted molar refractivity (Wildman–Crippen MR) is 120 cm³/mol. The highest BCUT2D eigenvalue weighted by Gasteiger charge is 2.37. The summed E-state index contributed by atoms with van der Waals surface area (Å²) >= 11 is 5.95. The molecule has 0 bridgehead atoms. The number of hydrogen-bond donors (Lipinski definition) is 0. The van der Waals surface area contributed by atoms with E-state index in [1.807, 2.05) is 18.5 Å². The van der Waals surface area contributed by atoms with Gasteiger partial charge in [0, 0.05) is 36.1 Å². The predicted octanol–water partition coefficient (Wildman–Crippen LogP) is 5.31. The Kier molecular flexibility index (Phi) is 4.57. The van der Waals surface area contributed by atoms with Crippen LogP contribution in [0.1, 0.15) is 61.7 Å². The van der Waals surface area contributed by atoms with Crippen molar-refractivity contribution in [3.63, 3.8) is 0 Å². The summed E-state index contributed by atoms with van der Waals surface area (Å²) in [5.74, 6) is 0.968. The van der Waals surface area contributed by atoms with Gasteiger partial charge in [-0.05, 0) is 80.4 Å². The maximum atomic E-state index is 5.95. The molecule has 2 aromatic heterocycles. The van der Waals surface area contributed by atoms with E-state index < -0.39 is 0 Å². The summed E-state index contributed by atoms with van der Waals surface area (Å²) < 4.78 is 5.20. The fraction of sp³-hybridized carbons (Fsp3) is 0.458. The highest BCUT2D eigenvalue weighted by Crippen LogP contribution is 2.42. The first kappa shape index (κ1) is 18.5. The molecule has 2 heterocycles. The van der Waals surface area contributed by atoms with Crippen LogP contribution in [0, 0.1) is 4.77 Å². The molecule has 1 aromatic carbocycles. The molecule has 0 aliphatic heterocycles. The average molecular weight is 418 g/mol. The molecule has 0 radical (unpaired) electrons. The van der Waals surface area contributed by atoms with E-state index in [2.05, 4.69) is 49.5 Å². The monoisotopic (exact) mass is 417 g/mol. The normalized spacial score (nSPS) is 21.0. The minimum Gasteiger partial charge on any atom is -0.297 e. The van der Waals surface area contributed by atoms with Gasteiger partial charge in [0.1, 0.15) is 0 Å². The average Bonchev–Trinajstić information content (AvgIpc) is 3.71. The fourth-order valence-electron chi connectivity index (χ4n) is 4.97. The van der Waals surface area contributed by atoms with E-state index in [0.717, 1.165) is 22.8 Å². The Bertz CT molecular complexity index is 1110. The molecule has 3 aliphatic rings. The Balaban J connectivity index is 1.38. The van der Waals surface area contributed by atoms with E-state index in [0.29, 0.717) is 18.1 Å². The van der Waals surface area contributed by atoms with E-state index >= 15 is 0 Å². The Morgan fingerprint density at radius 1 is 1.03 bits per heavy atom. The van der Waals surface area contributed by atoms with Crippen LogP contribution in [-0.4, -0.2) is 30.3 Å². The van der Waals surface area contributed by atoms with Gasteiger partial charge in [0.15, 0.2) is 10.6 Å². The Labute approximate surface area is 182 Å². The number of rotatable bonds is 6. The zero-order valence-electron chi connectivity index (χ0n) is 17.2. The largest absolute Gasteiger partial charge is 0.297 e. The second kappa shape index (κ2) is 7.43. The lowest BCUT2D eigenvalue weighted by atomic mass is 9.87. The number of fused-ring (bicyclic) bond motifs is 1. The van der Waals surface area contributed by atoms with Crippen LogP contribution in [0.15, 0.2) is 48.8 Å². The second-order valence-corrected chi connectivity index (χ2v) is 9.31. The summed E-state index contributed by atoms with van der Waals surface area (Å²) in [5.41, 5.74) is 4.08. The zero-order valence-corrected chi connectivity index (χ0v) is 18.0. The van der Waals surface area contributed by atoms with Crippen LogP contribution in [0.4, 0.5) is 0 Å². The zero-order chi connectivity index (χ0) is 20.1. The lowest BCUT2D eigenvalue weighted by Crippen LogP contribution is -2.35. The fourth-order valence-corrected chi connectivity index (χ4v) is 5.30. The van der Waals surface area contributed by atoms with E-state index in [4.69, 9.17) is 17.3 Å². The number of aromatic nitrogens is 4. The molecule has 0 N–H and O–H groups in total. The third-order valence-electron chi connectivity index (χ3n) is 6.75. The van der Waals surface area contributed by atoms with Gasteiger partial charge in [-0.15, -0.1) is 0 Å². The number of benzene rings is 1. The van der Waals surface area contributed by atoms with Gasteiger partial charge in [0.05, 0.1) is 6.67 Å². The first-order valence-corrected chi connectivity index (χ1v) is 11.6. The van der Waals surface area contributed by atoms with Crippen molar-refractivity contribution in [2.45, 2.75) is 69.7 Å². The molecule has 0 amide bonds. The van der Waals surface area contributed by atoms with Crippen LogP contribution < -0.4 is 0 Å². The van der Waals surface area contributed by atoms with E-state index in [1.54, 1.807) is 0 Å². The highest BCUT2D eigenvalue weighted by molar-refractivity contribution is 7.71. The van der Waals surface area contributed by atoms with Crippen LogP contribution in [0.2, 0.25) is 0 Å². The molecule has 154 valence electrons. The van der Waals surface area contributed by atoms with Crippen LogP contribution in [-0.2, 0) is 13.1 Å². The summed E-state index contributed by atoms with van der Waals surface area (Å²) in [7, 11) is 0. The van der Waals surface area contributed by atoms with Gasteiger partial charge in [0.25, 0.3) is 0 Å². The maximum absolute atomic E-state index is 5.95. The Hall–Kier alpha value is -2.31. The van der Waals surface area contributed by atoms with Crippen LogP contribution >= 0.6 is 12.2 Å². The Morgan fingerprint density at radius 3 is 2.67 bits per heavy atom. The van der Waals surface area contributed by atoms with Crippen molar-refractivity contribution in [3.05, 3.63) is 64.7 Å². The van der Waals surface area contributed by atoms with Gasteiger partial charge < -0.3 is 0 Å². The molecule has 30 heavy (non-hydrogen) atoms. The van der Waals surface area contributed by atoms with Crippen molar-refractivity contribution in [2.75, 3.05) is 0 Å². The second-order valence-electron chi connectivity index (χ2n) is 8.94. The molecule has 1 atom stereocenters. The molecule has 3 aromatic rings. The molecule has 0 saturated heterocycles. The van der Waals surface area contributed by atoms with Crippen molar-refractivity contribution in [2.24, 2.45) is 0 Å². The third-order valence-corrected chi connectivity index (χ3v) is 7.16. The van der Waals surface area contributed by atoms with Gasteiger partial charge in [-0.25, -0.2) is 4.68 Å². The van der Waals surface area contributed by atoms with Crippen molar-refractivity contribution in [3.8, 4) is 11.4 Å². The standard InChI is InChI=1S/C24H27N5S/c30-24-28(26-23(29(24)20-12-13-20)18-7-4-14-25-15-18)16-27(19-10-11-19)22-9-3-6-17-5-1-2-8-21(17)22/h1-2,4-5,7-8,14-15,19-20,22H,3,6,9-13,16H2. The van der Waals surface area contributed by atoms with E-state index in [9.17, 15) is 0 Å². The summed E-state index contributed by atoms with van der Waals surface area (Å²) in [4.78, 5) is 6.98. The maximum Gasteiger partial charge on any atom is 0.199 e. The first-order valence-electron chi connectivity index (χ1n) is 11.2. The van der Waals surface area contributed by atoms with Crippen LogP contribution in [0.3, 0.4) is 0 Å². The lowest BCUT2D eigenvalue weighted by Gasteiger charge is -2.36. The SMILES string of the molecule is S=c1n(CN(C2CC2)C2CCCc3ccccc32)nc(-c2cccnc2)n1C1CC1. The topological polar surface area (TPSA) is 38.9 Å². The molecular weight excluding hydrogens is 390 g/mol.